The summed E-state index contributed by atoms with van der Waals surface area (Å²) in [5, 5.41) is 6.01. The van der Waals surface area contributed by atoms with Crippen molar-refractivity contribution in [1.82, 2.24) is 15.2 Å². The van der Waals surface area contributed by atoms with Crippen LogP contribution in [0, 0.1) is 6.92 Å². The molecule has 0 fully saturated rings. The van der Waals surface area contributed by atoms with Gasteiger partial charge in [-0.1, -0.05) is 48.5 Å². The van der Waals surface area contributed by atoms with Crippen molar-refractivity contribution in [3.63, 3.8) is 0 Å². The molecule has 5 nitrogen and oxygen atoms in total. The molecule has 0 bridgehead atoms. The normalized spacial score (nSPS) is 10.4. The standard InChI is InChI=1S/C19H20N4O/c1-16-12-20-22(13-16)15-19(24)21-23(18-10-6-3-7-11-18)14-17-8-4-2-5-9-17/h2-13H,14-15H2,1H3,(H,21,24). The monoisotopic (exact) mass is 320 g/mol. The fraction of sp³-hybridized carbons (Fsp3) is 0.158. The molecule has 0 saturated heterocycles. The van der Waals surface area contributed by atoms with Crippen molar-refractivity contribution in [1.29, 1.82) is 0 Å². The van der Waals surface area contributed by atoms with Gasteiger partial charge >= 0.3 is 0 Å². The minimum Gasteiger partial charge on any atom is -0.281 e. The van der Waals surface area contributed by atoms with E-state index in [1.165, 1.54) is 0 Å². The van der Waals surface area contributed by atoms with Gasteiger partial charge < -0.3 is 0 Å². The number of hydrogen-bond donors (Lipinski definition) is 1. The van der Waals surface area contributed by atoms with Crippen LogP contribution < -0.4 is 10.4 Å². The zero-order chi connectivity index (χ0) is 16.8. The fourth-order valence-corrected chi connectivity index (χ4v) is 2.46. The van der Waals surface area contributed by atoms with Crippen LogP contribution in [0.4, 0.5) is 5.69 Å². The molecular weight excluding hydrogens is 300 g/mol. The van der Waals surface area contributed by atoms with Crippen LogP contribution in [-0.2, 0) is 17.9 Å². The van der Waals surface area contributed by atoms with Crippen LogP contribution in [0.3, 0.4) is 0 Å². The average Bonchev–Trinajstić information content (AvgIpc) is 3.01. The van der Waals surface area contributed by atoms with Gasteiger partial charge in [0.2, 0.25) is 0 Å². The summed E-state index contributed by atoms with van der Waals surface area (Å²) >= 11 is 0. The number of anilines is 1. The highest BCUT2D eigenvalue weighted by atomic mass is 16.2. The van der Waals surface area contributed by atoms with Crippen molar-refractivity contribution in [2.24, 2.45) is 0 Å². The number of benzene rings is 2. The van der Waals surface area contributed by atoms with E-state index in [9.17, 15) is 4.79 Å². The Morgan fingerprint density at radius 3 is 2.38 bits per heavy atom. The molecule has 1 N–H and O–H groups in total. The number of amides is 1. The first-order valence-electron chi connectivity index (χ1n) is 7.86. The van der Waals surface area contributed by atoms with E-state index in [-0.39, 0.29) is 12.5 Å². The number of aryl methyl sites for hydroxylation is 1. The molecule has 5 heteroatoms. The lowest BCUT2D eigenvalue weighted by Gasteiger charge is -2.25. The second-order valence-corrected chi connectivity index (χ2v) is 5.66. The third kappa shape index (κ3) is 4.23. The number of hydrazine groups is 1. The predicted molar refractivity (Wildman–Crippen MR) is 94.2 cm³/mol. The van der Waals surface area contributed by atoms with Crippen LogP contribution in [0.25, 0.3) is 0 Å². The molecule has 0 spiro atoms. The summed E-state index contributed by atoms with van der Waals surface area (Å²) in [7, 11) is 0. The van der Waals surface area contributed by atoms with Gasteiger partial charge in [0.1, 0.15) is 6.54 Å². The lowest BCUT2D eigenvalue weighted by atomic mass is 10.2. The molecule has 0 aliphatic rings. The molecule has 1 amide bonds. The number of rotatable bonds is 6. The first kappa shape index (κ1) is 15.8. The van der Waals surface area contributed by atoms with Gasteiger partial charge in [-0.2, -0.15) is 5.10 Å². The second kappa shape index (κ2) is 7.46. The van der Waals surface area contributed by atoms with Crippen molar-refractivity contribution < 1.29 is 4.79 Å². The Morgan fingerprint density at radius 2 is 1.75 bits per heavy atom. The molecule has 0 aliphatic carbocycles. The van der Waals surface area contributed by atoms with Gasteiger partial charge in [0.25, 0.3) is 5.91 Å². The number of nitrogens with one attached hydrogen (secondary N) is 1. The van der Waals surface area contributed by atoms with Gasteiger partial charge in [-0.05, 0) is 30.2 Å². The minimum absolute atomic E-state index is 0.113. The number of nitrogens with zero attached hydrogens (tertiary/aromatic N) is 3. The quantitative estimate of drug-likeness (QED) is 0.711. The van der Waals surface area contributed by atoms with Gasteiger partial charge in [0, 0.05) is 6.20 Å². The van der Waals surface area contributed by atoms with Crippen molar-refractivity contribution in [3.8, 4) is 0 Å². The summed E-state index contributed by atoms with van der Waals surface area (Å²) in [6.45, 7) is 2.73. The molecule has 0 unspecified atom stereocenters. The lowest BCUT2D eigenvalue weighted by molar-refractivity contribution is -0.122. The Kier molecular flexibility index (Phi) is 4.91. The van der Waals surface area contributed by atoms with E-state index in [2.05, 4.69) is 10.5 Å². The smallest absolute Gasteiger partial charge is 0.260 e. The van der Waals surface area contributed by atoms with E-state index in [4.69, 9.17) is 0 Å². The van der Waals surface area contributed by atoms with Gasteiger partial charge in [-0.3, -0.25) is 19.9 Å². The Hall–Kier alpha value is -3.08. The van der Waals surface area contributed by atoms with Crippen LogP contribution >= 0.6 is 0 Å². The van der Waals surface area contributed by atoms with Crippen LogP contribution in [0.15, 0.2) is 73.1 Å². The van der Waals surface area contributed by atoms with Crippen LogP contribution in [0.2, 0.25) is 0 Å². The van der Waals surface area contributed by atoms with Gasteiger partial charge in [0.15, 0.2) is 0 Å². The summed E-state index contributed by atoms with van der Waals surface area (Å²) in [4.78, 5) is 12.4. The Labute approximate surface area is 141 Å². The number of aromatic nitrogens is 2. The SMILES string of the molecule is Cc1cnn(CC(=O)NN(Cc2ccccc2)c2ccccc2)c1. The average molecular weight is 320 g/mol. The fourth-order valence-electron chi connectivity index (χ4n) is 2.46. The molecule has 0 saturated carbocycles. The lowest BCUT2D eigenvalue weighted by Crippen LogP contribution is -2.43. The summed E-state index contributed by atoms with van der Waals surface area (Å²) in [6.07, 6.45) is 3.59. The van der Waals surface area contributed by atoms with Crippen LogP contribution in [0.1, 0.15) is 11.1 Å². The highest BCUT2D eigenvalue weighted by Crippen LogP contribution is 2.14. The maximum absolute atomic E-state index is 12.4. The summed E-state index contributed by atoms with van der Waals surface area (Å²) in [5.41, 5.74) is 6.07. The van der Waals surface area contributed by atoms with E-state index in [0.717, 1.165) is 16.8 Å². The zero-order valence-electron chi connectivity index (χ0n) is 13.6. The maximum atomic E-state index is 12.4. The molecule has 2 aromatic carbocycles. The van der Waals surface area contributed by atoms with E-state index < -0.39 is 0 Å². The largest absolute Gasteiger partial charge is 0.281 e. The topological polar surface area (TPSA) is 50.2 Å². The number of para-hydroxylation sites is 1. The van der Waals surface area contributed by atoms with Crippen LogP contribution in [0.5, 0.6) is 0 Å². The highest BCUT2D eigenvalue weighted by Gasteiger charge is 2.12. The third-order valence-electron chi connectivity index (χ3n) is 3.58. The summed E-state index contributed by atoms with van der Waals surface area (Å²) in [6, 6.07) is 19.9. The first-order valence-corrected chi connectivity index (χ1v) is 7.86. The maximum Gasteiger partial charge on any atom is 0.260 e. The molecule has 1 heterocycles. The molecule has 3 aromatic rings. The molecule has 0 aliphatic heterocycles. The second-order valence-electron chi connectivity index (χ2n) is 5.66. The summed E-state index contributed by atoms with van der Waals surface area (Å²) < 4.78 is 1.64. The van der Waals surface area contributed by atoms with Gasteiger partial charge in [-0.25, -0.2) is 0 Å². The number of carbonyl (C=O) groups is 1. The Morgan fingerprint density at radius 1 is 1.08 bits per heavy atom. The molecule has 0 atom stereocenters. The van der Waals surface area contributed by atoms with Crippen molar-refractivity contribution in [3.05, 3.63) is 84.2 Å². The molecule has 24 heavy (non-hydrogen) atoms. The van der Waals surface area contributed by atoms with E-state index >= 15 is 0 Å². The third-order valence-corrected chi connectivity index (χ3v) is 3.58. The van der Waals surface area contributed by atoms with E-state index in [0.29, 0.717) is 6.54 Å². The first-order chi connectivity index (χ1) is 11.7. The molecule has 122 valence electrons. The number of hydrogen-bond acceptors (Lipinski definition) is 3. The molecule has 3 rings (SSSR count). The van der Waals surface area contributed by atoms with E-state index in [1.807, 2.05) is 78.8 Å². The highest BCUT2D eigenvalue weighted by molar-refractivity contribution is 5.77. The Balaban J connectivity index is 1.73. The minimum atomic E-state index is -0.113. The zero-order valence-corrected chi connectivity index (χ0v) is 13.6. The molecule has 1 aromatic heterocycles. The molecule has 0 radical (unpaired) electrons. The van der Waals surface area contributed by atoms with Crippen molar-refractivity contribution in [2.75, 3.05) is 5.01 Å². The Bertz CT molecular complexity index is 783. The molecular formula is C19H20N4O. The predicted octanol–water partition coefficient (Wildman–Crippen LogP) is 2.93. The summed E-state index contributed by atoms with van der Waals surface area (Å²) in [5.74, 6) is -0.113. The van der Waals surface area contributed by atoms with Gasteiger partial charge in [0.05, 0.1) is 18.4 Å². The van der Waals surface area contributed by atoms with E-state index in [1.54, 1.807) is 10.9 Å². The van der Waals surface area contributed by atoms with Crippen LogP contribution in [-0.4, -0.2) is 15.7 Å². The van der Waals surface area contributed by atoms with Crippen molar-refractivity contribution in [2.45, 2.75) is 20.0 Å². The van der Waals surface area contributed by atoms with Gasteiger partial charge in [-0.15, -0.1) is 0 Å². The van der Waals surface area contributed by atoms with Crippen molar-refractivity contribution >= 4 is 11.6 Å². The number of carbonyl (C=O) groups excluding carboxylic acids is 1.